The van der Waals surface area contributed by atoms with Crippen LogP contribution in [0.25, 0.3) is 0 Å². The number of aryl methyl sites for hydroxylation is 3. The minimum atomic E-state index is 0.991. The van der Waals surface area contributed by atoms with E-state index in [1.54, 1.807) is 0 Å². The van der Waals surface area contributed by atoms with E-state index in [2.05, 4.69) is 36.9 Å². The minimum absolute atomic E-state index is 0.991. The molecule has 1 aliphatic heterocycles. The van der Waals surface area contributed by atoms with Gasteiger partial charge in [-0.3, -0.25) is 14.9 Å². The predicted molar refractivity (Wildman–Crippen MR) is 92.7 cm³/mol. The maximum atomic E-state index is 4.66. The van der Waals surface area contributed by atoms with Crippen molar-refractivity contribution in [3.8, 4) is 0 Å². The summed E-state index contributed by atoms with van der Waals surface area (Å²) in [6.45, 7) is 9.49. The molecule has 0 atom stereocenters. The lowest BCUT2D eigenvalue weighted by molar-refractivity contribution is 0.254. The molecule has 1 fully saturated rings. The lowest BCUT2D eigenvalue weighted by atomic mass is 10.1. The highest BCUT2D eigenvalue weighted by atomic mass is 15.3. The highest BCUT2D eigenvalue weighted by Gasteiger charge is 2.19. The molecule has 0 N–H and O–H groups in total. The Bertz CT molecular complexity index is 621. The summed E-state index contributed by atoms with van der Waals surface area (Å²) in [6, 6.07) is 4.22. The van der Waals surface area contributed by atoms with Crippen molar-refractivity contribution in [3.05, 3.63) is 47.7 Å². The molecule has 0 radical (unpaired) electrons. The Morgan fingerprint density at radius 3 is 2.52 bits per heavy atom. The third kappa shape index (κ3) is 4.26. The van der Waals surface area contributed by atoms with Gasteiger partial charge in [-0.1, -0.05) is 0 Å². The van der Waals surface area contributed by atoms with Gasteiger partial charge in [0.2, 0.25) is 0 Å². The summed E-state index contributed by atoms with van der Waals surface area (Å²) in [5.41, 5.74) is 3.40. The Morgan fingerprint density at radius 2 is 1.78 bits per heavy atom. The molecule has 1 aliphatic rings. The van der Waals surface area contributed by atoms with Gasteiger partial charge in [0.25, 0.3) is 0 Å². The predicted octanol–water partition coefficient (Wildman–Crippen LogP) is 2.24. The van der Waals surface area contributed by atoms with E-state index in [0.717, 1.165) is 56.4 Å². The molecule has 122 valence electrons. The van der Waals surface area contributed by atoms with Gasteiger partial charge in [0.15, 0.2) is 0 Å². The van der Waals surface area contributed by atoms with Crippen LogP contribution in [0.5, 0.6) is 0 Å². The Labute approximate surface area is 138 Å². The average Bonchev–Trinajstić information content (AvgIpc) is 2.59. The molecule has 1 saturated heterocycles. The Kier molecular flexibility index (Phi) is 5.18. The fraction of sp³-hybridized carbons (Fsp3) is 0.500. The lowest BCUT2D eigenvalue weighted by Crippen LogP contribution is -2.47. The molecule has 2 aromatic rings. The number of piperazine rings is 1. The third-order valence-corrected chi connectivity index (χ3v) is 4.41. The van der Waals surface area contributed by atoms with Crippen LogP contribution < -0.4 is 4.90 Å². The minimum Gasteiger partial charge on any atom is -0.353 e. The van der Waals surface area contributed by atoms with Gasteiger partial charge < -0.3 is 4.90 Å². The molecule has 0 bridgehead atoms. The topological polar surface area (TPSA) is 45.2 Å². The van der Waals surface area contributed by atoms with E-state index in [1.807, 2.05) is 32.4 Å². The van der Waals surface area contributed by atoms with E-state index >= 15 is 0 Å². The molecule has 5 nitrogen and oxygen atoms in total. The molecule has 23 heavy (non-hydrogen) atoms. The maximum absolute atomic E-state index is 4.66. The summed E-state index contributed by atoms with van der Waals surface area (Å²) in [5.74, 6) is 1.06. The van der Waals surface area contributed by atoms with Gasteiger partial charge in [-0.25, -0.2) is 4.98 Å². The van der Waals surface area contributed by atoms with Crippen LogP contribution in [-0.4, -0.2) is 52.6 Å². The van der Waals surface area contributed by atoms with Crippen molar-refractivity contribution in [2.24, 2.45) is 0 Å². The molecule has 3 rings (SSSR count). The first-order valence-corrected chi connectivity index (χ1v) is 8.39. The highest BCUT2D eigenvalue weighted by molar-refractivity contribution is 5.43. The van der Waals surface area contributed by atoms with Crippen molar-refractivity contribution in [1.82, 2.24) is 19.9 Å². The van der Waals surface area contributed by atoms with Gasteiger partial charge in [0.05, 0.1) is 11.4 Å². The standard InChI is InChI=1S/C18H25N5/c1-15-14-20-16(2)18(21-15)23-12-10-22(11-13-23)9-3-4-17-5-7-19-8-6-17/h5-8,14H,3-4,9-13H2,1-2H3. The van der Waals surface area contributed by atoms with Crippen molar-refractivity contribution in [2.75, 3.05) is 37.6 Å². The number of hydrogen-bond donors (Lipinski definition) is 0. The van der Waals surface area contributed by atoms with E-state index in [-0.39, 0.29) is 0 Å². The van der Waals surface area contributed by atoms with Crippen molar-refractivity contribution < 1.29 is 0 Å². The van der Waals surface area contributed by atoms with E-state index in [9.17, 15) is 0 Å². The van der Waals surface area contributed by atoms with E-state index < -0.39 is 0 Å². The highest BCUT2D eigenvalue weighted by Crippen LogP contribution is 2.17. The summed E-state index contributed by atoms with van der Waals surface area (Å²) in [4.78, 5) is 18.1. The summed E-state index contributed by atoms with van der Waals surface area (Å²) in [6.07, 6.45) is 7.92. The molecular formula is C18H25N5. The molecule has 0 aromatic carbocycles. The summed E-state index contributed by atoms with van der Waals surface area (Å²) >= 11 is 0. The monoisotopic (exact) mass is 311 g/mol. The van der Waals surface area contributed by atoms with E-state index in [1.165, 1.54) is 12.0 Å². The van der Waals surface area contributed by atoms with Crippen LogP contribution in [0.2, 0.25) is 0 Å². The van der Waals surface area contributed by atoms with Crippen LogP contribution in [0.1, 0.15) is 23.4 Å². The molecule has 5 heteroatoms. The zero-order valence-corrected chi connectivity index (χ0v) is 14.1. The van der Waals surface area contributed by atoms with Crippen molar-refractivity contribution in [3.63, 3.8) is 0 Å². The van der Waals surface area contributed by atoms with Crippen LogP contribution in [0, 0.1) is 13.8 Å². The number of pyridine rings is 1. The molecule has 0 unspecified atom stereocenters. The first kappa shape index (κ1) is 15.9. The number of hydrogen-bond acceptors (Lipinski definition) is 5. The van der Waals surface area contributed by atoms with Crippen LogP contribution in [-0.2, 0) is 6.42 Å². The molecule has 0 aliphatic carbocycles. The van der Waals surface area contributed by atoms with E-state index in [0.29, 0.717) is 0 Å². The number of anilines is 1. The second-order valence-corrected chi connectivity index (χ2v) is 6.21. The molecule has 0 spiro atoms. The second kappa shape index (κ2) is 7.51. The Hall–Kier alpha value is -2.01. The van der Waals surface area contributed by atoms with Crippen LogP contribution in [0.3, 0.4) is 0 Å². The number of nitrogens with zero attached hydrogens (tertiary/aromatic N) is 5. The van der Waals surface area contributed by atoms with Crippen molar-refractivity contribution in [2.45, 2.75) is 26.7 Å². The fourth-order valence-electron chi connectivity index (χ4n) is 3.06. The SMILES string of the molecule is Cc1cnc(C)c(N2CCN(CCCc3ccncc3)CC2)n1. The average molecular weight is 311 g/mol. The Balaban J connectivity index is 1.46. The summed E-state index contributed by atoms with van der Waals surface area (Å²) in [7, 11) is 0. The quantitative estimate of drug-likeness (QED) is 0.847. The number of rotatable bonds is 5. The Morgan fingerprint density at radius 1 is 1.04 bits per heavy atom. The molecule has 3 heterocycles. The summed E-state index contributed by atoms with van der Waals surface area (Å²) in [5, 5.41) is 0. The molecule has 0 amide bonds. The summed E-state index contributed by atoms with van der Waals surface area (Å²) < 4.78 is 0. The first-order chi connectivity index (χ1) is 11.2. The maximum Gasteiger partial charge on any atom is 0.150 e. The largest absolute Gasteiger partial charge is 0.353 e. The van der Waals surface area contributed by atoms with Gasteiger partial charge in [0.1, 0.15) is 5.82 Å². The zero-order chi connectivity index (χ0) is 16.1. The van der Waals surface area contributed by atoms with Gasteiger partial charge in [0, 0.05) is 44.8 Å². The van der Waals surface area contributed by atoms with Gasteiger partial charge in [-0.05, 0) is 50.9 Å². The normalized spacial score (nSPS) is 15.8. The van der Waals surface area contributed by atoms with Crippen molar-refractivity contribution in [1.29, 1.82) is 0 Å². The van der Waals surface area contributed by atoms with Gasteiger partial charge >= 0.3 is 0 Å². The van der Waals surface area contributed by atoms with Gasteiger partial charge in [-0.2, -0.15) is 0 Å². The lowest BCUT2D eigenvalue weighted by Gasteiger charge is -2.35. The zero-order valence-electron chi connectivity index (χ0n) is 14.1. The second-order valence-electron chi connectivity index (χ2n) is 6.21. The third-order valence-electron chi connectivity index (χ3n) is 4.41. The smallest absolute Gasteiger partial charge is 0.150 e. The molecular weight excluding hydrogens is 286 g/mol. The number of aromatic nitrogens is 3. The van der Waals surface area contributed by atoms with Gasteiger partial charge in [-0.15, -0.1) is 0 Å². The fourth-order valence-corrected chi connectivity index (χ4v) is 3.06. The molecule has 0 saturated carbocycles. The first-order valence-electron chi connectivity index (χ1n) is 8.39. The molecule has 2 aromatic heterocycles. The van der Waals surface area contributed by atoms with Crippen LogP contribution in [0.4, 0.5) is 5.82 Å². The van der Waals surface area contributed by atoms with Crippen molar-refractivity contribution >= 4 is 5.82 Å². The van der Waals surface area contributed by atoms with Crippen LogP contribution >= 0.6 is 0 Å². The van der Waals surface area contributed by atoms with E-state index in [4.69, 9.17) is 0 Å². The van der Waals surface area contributed by atoms with Crippen LogP contribution in [0.15, 0.2) is 30.7 Å².